The normalized spacial score (nSPS) is 17.5. The quantitative estimate of drug-likeness (QED) is 0.508. The van der Waals surface area contributed by atoms with Crippen LogP contribution in [0, 0.1) is 16.7 Å². The van der Waals surface area contributed by atoms with Gasteiger partial charge >= 0.3 is 11.8 Å². The molecule has 0 spiro atoms. The summed E-state index contributed by atoms with van der Waals surface area (Å²) in [5, 5.41) is 6.54. The van der Waals surface area contributed by atoms with Gasteiger partial charge in [-0.3, -0.25) is 0 Å². The summed E-state index contributed by atoms with van der Waals surface area (Å²) in [6, 6.07) is 6.43. The van der Waals surface area contributed by atoms with Crippen LogP contribution in [0.1, 0.15) is 47.1 Å². The minimum Gasteiger partial charge on any atom is -0.384 e. The average Bonchev–Trinajstić information content (AvgIpc) is 3.41. The minimum atomic E-state index is -4.50. The maximum atomic E-state index is 13.2. The van der Waals surface area contributed by atoms with E-state index in [4.69, 9.17) is 4.74 Å². The van der Waals surface area contributed by atoms with Crippen LogP contribution in [0.25, 0.3) is 0 Å². The van der Waals surface area contributed by atoms with Crippen LogP contribution in [0.2, 0.25) is 0 Å². The molecule has 1 unspecified atom stereocenters. The highest BCUT2D eigenvalue weighted by molar-refractivity contribution is 5.49. The van der Waals surface area contributed by atoms with Gasteiger partial charge in [-0.15, -0.1) is 10.2 Å². The fraction of sp³-hybridized carbons (Fsp3) is 0.714. The molecule has 7 heteroatoms. The number of halogens is 3. The smallest absolute Gasteiger partial charge is 0.384 e. The maximum absolute atomic E-state index is 13.2. The van der Waals surface area contributed by atoms with Gasteiger partial charge in [0.15, 0.2) is 0 Å². The van der Waals surface area contributed by atoms with Crippen LogP contribution in [-0.2, 0) is 10.4 Å². The number of alkyl halides is 3. The highest BCUT2D eigenvalue weighted by atomic mass is 19.4. The lowest BCUT2D eigenvalue weighted by Crippen LogP contribution is -2.44. The standard InChI is InChI=1S/C21H32F3N3O/c1-8-27(13-18(3,4)15(2)19(5,6)14-28-7)17-11-9-16(10-12-17)20(25-26-20)21(22,23)24/h9-12,15H,8,13-14H2,1-7H3. The van der Waals surface area contributed by atoms with E-state index >= 15 is 0 Å². The van der Waals surface area contributed by atoms with Crippen LogP contribution in [0.15, 0.2) is 34.5 Å². The maximum Gasteiger partial charge on any atom is 0.442 e. The zero-order chi connectivity index (χ0) is 21.4. The molecular weight excluding hydrogens is 367 g/mol. The Morgan fingerprint density at radius 2 is 1.57 bits per heavy atom. The van der Waals surface area contributed by atoms with Crippen LogP contribution in [0.5, 0.6) is 0 Å². The van der Waals surface area contributed by atoms with Gasteiger partial charge in [-0.2, -0.15) is 13.2 Å². The minimum absolute atomic E-state index is 0.00951. The van der Waals surface area contributed by atoms with E-state index in [9.17, 15) is 13.2 Å². The average molecular weight is 400 g/mol. The molecule has 0 aliphatic carbocycles. The Balaban J connectivity index is 2.17. The van der Waals surface area contributed by atoms with Gasteiger partial charge in [0.1, 0.15) is 0 Å². The fourth-order valence-electron chi connectivity index (χ4n) is 3.92. The molecular formula is C21H32F3N3O. The van der Waals surface area contributed by atoms with Crippen molar-refractivity contribution in [3.8, 4) is 0 Å². The van der Waals surface area contributed by atoms with Gasteiger partial charge < -0.3 is 9.64 Å². The van der Waals surface area contributed by atoms with Crippen LogP contribution >= 0.6 is 0 Å². The number of methoxy groups -OCH3 is 1. The highest BCUT2D eigenvalue weighted by Crippen LogP contribution is 2.52. The molecule has 0 saturated heterocycles. The molecule has 1 heterocycles. The number of rotatable bonds is 9. The second kappa shape index (κ2) is 7.65. The van der Waals surface area contributed by atoms with E-state index in [0.29, 0.717) is 12.5 Å². The summed E-state index contributed by atoms with van der Waals surface area (Å²) >= 11 is 0. The third-order valence-electron chi connectivity index (χ3n) is 6.17. The summed E-state index contributed by atoms with van der Waals surface area (Å²) < 4.78 is 44.9. The molecule has 0 saturated carbocycles. The van der Waals surface area contributed by atoms with E-state index in [2.05, 4.69) is 56.7 Å². The summed E-state index contributed by atoms with van der Waals surface area (Å²) in [6.07, 6.45) is -4.50. The molecule has 1 aromatic carbocycles. The molecule has 158 valence electrons. The number of nitrogens with zero attached hydrogens (tertiary/aromatic N) is 3. The lowest BCUT2D eigenvalue weighted by Gasteiger charge is -2.45. The van der Waals surface area contributed by atoms with Gasteiger partial charge in [-0.25, -0.2) is 0 Å². The van der Waals surface area contributed by atoms with Crippen molar-refractivity contribution in [3.63, 3.8) is 0 Å². The molecule has 4 nitrogen and oxygen atoms in total. The predicted octanol–water partition coefficient (Wildman–Crippen LogP) is 6.03. The second-order valence-electron chi connectivity index (χ2n) is 9.06. The Hall–Kier alpha value is -1.63. The van der Waals surface area contributed by atoms with E-state index in [1.165, 1.54) is 12.1 Å². The van der Waals surface area contributed by atoms with Gasteiger partial charge in [-0.05, 0) is 35.8 Å². The molecule has 2 rings (SSSR count). The predicted molar refractivity (Wildman–Crippen MR) is 106 cm³/mol. The van der Waals surface area contributed by atoms with Crippen LogP contribution in [-0.4, -0.2) is 33.0 Å². The summed E-state index contributed by atoms with van der Waals surface area (Å²) in [4.78, 5) is 2.20. The molecule has 1 aromatic rings. The molecule has 28 heavy (non-hydrogen) atoms. The van der Waals surface area contributed by atoms with E-state index in [-0.39, 0.29) is 16.4 Å². The fourth-order valence-corrected chi connectivity index (χ4v) is 3.92. The first-order chi connectivity index (χ1) is 12.8. The van der Waals surface area contributed by atoms with Gasteiger partial charge in [0.2, 0.25) is 0 Å². The zero-order valence-corrected chi connectivity index (χ0v) is 17.9. The first-order valence-electron chi connectivity index (χ1n) is 9.66. The molecule has 0 aromatic heterocycles. The number of hydrogen-bond donors (Lipinski definition) is 0. The number of anilines is 1. The summed E-state index contributed by atoms with van der Waals surface area (Å²) in [5.41, 5.74) is -1.41. The first-order valence-corrected chi connectivity index (χ1v) is 9.66. The summed E-state index contributed by atoms with van der Waals surface area (Å²) in [7, 11) is 1.72. The topological polar surface area (TPSA) is 37.2 Å². The summed E-state index contributed by atoms with van der Waals surface area (Å²) in [6.45, 7) is 15.4. The van der Waals surface area contributed by atoms with Crippen LogP contribution < -0.4 is 4.90 Å². The molecule has 1 aliphatic rings. The lowest BCUT2D eigenvalue weighted by atomic mass is 9.66. The molecule has 0 amide bonds. The van der Waals surface area contributed by atoms with Crippen molar-refractivity contribution in [2.24, 2.45) is 27.0 Å². The lowest BCUT2D eigenvalue weighted by molar-refractivity contribution is -0.166. The SMILES string of the molecule is CCN(CC(C)(C)C(C)C(C)(C)COC)c1ccc(C2(C(F)(F)F)N=N2)cc1. The molecule has 0 radical (unpaired) electrons. The third-order valence-corrected chi connectivity index (χ3v) is 6.17. The van der Waals surface area contributed by atoms with E-state index in [1.54, 1.807) is 19.2 Å². The van der Waals surface area contributed by atoms with Crippen molar-refractivity contribution in [3.05, 3.63) is 29.8 Å². The Kier molecular flexibility index (Phi) is 6.19. The van der Waals surface area contributed by atoms with Crippen molar-refractivity contribution in [2.45, 2.75) is 53.4 Å². The Bertz CT molecular complexity index is 690. The van der Waals surface area contributed by atoms with Gasteiger partial charge in [0, 0.05) is 31.5 Å². The van der Waals surface area contributed by atoms with Crippen molar-refractivity contribution in [2.75, 3.05) is 31.7 Å². The van der Waals surface area contributed by atoms with Gasteiger partial charge in [-0.1, -0.05) is 46.8 Å². The van der Waals surface area contributed by atoms with Gasteiger partial charge in [0.05, 0.1) is 6.61 Å². The third kappa shape index (κ3) is 4.34. The van der Waals surface area contributed by atoms with Crippen molar-refractivity contribution in [1.29, 1.82) is 0 Å². The first kappa shape index (κ1) is 22.7. The largest absolute Gasteiger partial charge is 0.442 e. The van der Waals surface area contributed by atoms with Gasteiger partial charge in [0.25, 0.3) is 0 Å². The second-order valence-corrected chi connectivity index (χ2v) is 9.06. The van der Waals surface area contributed by atoms with E-state index in [1.807, 2.05) is 0 Å². The Morgan fingerprint density at radius 3 is 1.96 bits per heavy atom. The number of benzene rings is 1. The number of hydrogen-bond acceptors (Lipinski definition) is 4. The van der Waals surface area contributed by atoms with E-state index in [0.717, 1.165) is 18.8 Å². The highest BCUT2D eigenvalue weighted by Gasteiger charge is 2.65. The Labute approximate surface area is 166 Å². The van der Waals surface area contributed by atoms with Crippen molar-refractivity contribution < 1.29 is 17.9 Å². The molecule has 0 N–H and O–H groups in total. The monoisotopic (exact) mass is 399 g/mol. The number of ether oxygens (including phenoxy) is 1. The van der Waals surface area contributed by atoms with Crippen LogP contribution in [0.4, 0.5) is 18.9 Å². The summed E-state index contributed by atoms with van der Waals surface area (Å²) in [5.74, 6) is 0.367. The zero-order valence-electron chi connectivity index (χ0n) is 17.9. The molecule has 0 bridgehead atoms. The van der Waals surface area contributed by atoms with Crippen molar-refractivity contribution in [1.82, 2.24) is 0 Å². The van der Waals surface area contributed by atoms with Crippen LogP contribution in [0.3, 0.4) is 0 Å². The molecule has 0 fully saturated rings. The molecule has 1 atom stereocenters. The van der Waals surface area contributed by atoms with Crippen molar-refractivity contribution >= 4 is 5.69 Å². The van der Waals surface area contributed by atoms with E-state index < -0.39 is 11.8 Å². The molecule has 1 aliphatic heterocycles. The Morgan fingerprint density at radius 1 is 1.04 bits per heavy atom.